The Labute approximate surface area is 83.3 Å². The topological polar surface area (TPSA) is 61.8 Å². The minimum Gasteiger partial charge on any atom is -0.463 e. The van der Waals surface area contributed by atoms with Crippen molar-refractivity contribution in [2.24, 2.45) is 0 Å². The molecule has 0 bridgehead atoms. The lowest BCUT2D eigenvalue weighted by molar-refractivity contribution is -0.159. The number of hydrogen-bond acceptors (Lipinski definition) is 5. The van der Waals surface area contributed by atoms with Crippen LogP contribution < -0.4 is 0 Å². The monoisotopic (exact) mass is 204 g/mol. The second-order valence-corrected chi connectivity index (χ2v) is 2.47. The Morgan fingerprint density at radius 3 is 2.07 bits per heavy atom. The van der Waals surface area contributed by atoms with Crippen LogP contribution in [0.3, 0.4) is 0 Å². The zero-order valence-corrected chi connectivity index (χ0v) is 8.58. The summed E-state index contributed by atoms with van der Waals surface area (Å²) in [4.78, 5) is 21.2. The predicted molar refractivity (Wildman–Crippen MR) is 48.5 cm³/mol. The van der Waals surface area contributed by atoms with Crippen molar-refractivity contribution >= 4 is 11.9 Å². The maximum atomic E-state index is 10.6. The first-order valence-corrected chi connectivity index (χ1v) is 4.59. The second kappa shape index (κ2) is 8.50. The number of esters is 2. The van der Waals surface area contributed by atoms with Gasteiger partial charge in [0.15, 0.2) is 6.79 Å². The van der Waals surface area contributed by atoms with Crippen molar-refractivity contribution < 1.29 is 23.8 Å². The Hall–Kier alpha value is -1.10. The molecule has 14 heavy (non-hydrogen) atoms. The standard InChI is InChI=1S/C9H16O5/c1-3-8(10)13-6-5-12-7-14-9(11)4-2/h3-7H2,1-2H3. The van der Waals surface area contributed by atoms with Gasteiger partial charge in [-0.15, -0.1) is 0 Å². The van der Waals surface area contributed by atoms with Gasteiger partial charge >= 0.3 is 11.9 Å². The van der Waals surface area contributed by atoms with E-state index < -0.39 is 0 Å². The summed E-state index contributed by atoms with van der Waals surface area (Å²) in [5, 5.41) is 0. The number of carbonyl (C=O) groups is 2. The third-order valence-corrected chi connectivity index (χ3v) is 1.37. The summed E-state index contributed by atoms with van der Waals surface area (Å²) in [7, 11) is 0. The van der Waals surface area contributed by atoms with Gasteiger partial charge in [-0.05, 0) is 0 Å². The number of rotatable bonds is 7. The van der Waals surface area contributed by atoms with E-state index in [1.54, 1.807) is 13.8 Å². The summed E-state index contributed by atoms with van der Waals surface area (Å²) in [6.45, 7) is 3.76. The van der Waals surface area contributed by atoms with Crippen LogP contribution in [-0.2, 0) is 23.8 Å². The van der Waals surface area contributed by atoms with Crippen LogP contribution in [0.1, 0.15) is 26.7 Å². The van der Waals surface area contributed by atoms with Crippen molar-refractivity contribution in [3.63, 3.8) is 0 Å². The molecule has 0 aromatic rings. The van der Waals surface area contributed by atoms with Crippen LogP contribution in [0.4, 0.5) is 0 Å². The highest BCUT2D eigenvalue weighted by molar-refractivity contribution is 5.69. The van der Waals surface area contributed by atoms with Crippen molar-refractivity contribution in [1.82, 2.24) is 0 Å². The molecule has 0 N–H and O–H groups in total. The number of carbonyl (C=O) groups excluding carboxylic acids is 2. The molecular weight excluding hydrogens is 188 g/mol. The lowest BCUT2D eigenvalue weighted by Crippen LogP contribution is -2.12. The van der Waals surface area contributed by atoms with Crippen LogP contribution in [0.25, 0.3) is 0 Å². The summed E-state index contributed by atoms with van der Waals surface area (Å²) in [5.41, 5.74) is 0. The zero-order valence-electron chi connectivity index (χ0n) is 8.58. The summed E-state index contributed by atoms with van der Waals surface area (Å²) < 4.78 is 14.2. The van der Waals surface area contributed by atoms with E-state index in [2.05, 4.69) is 4.74 Å². The van der Waals surface area contributed by atoms with Crippen molar-refractivity contribution in [3.8, 4) is 0 Å². The average molecular weight is 204 g/mol. The summed E-state index contributed by atoms with van der Waals surface area (Å²) in [6.07, 6.45) is 0.680. The highest BCUT2D eigenvalue weighted by atomic mass is 16.7. The molecule has 0 atom stereocenters. The molecule has 0 saturated carbocycles. The first kappa shape index (κ1) is 12.9. The van der Waals surface area contributed by atoms with Crippen LogP contribution in [-0.4, -0.2) is 31.9 Å². The second-order valence-electron chi connectivity index (χ2n) is 2.47. The lowest BCUT2D eigenvalue weighted by Gasteiger charge is -2.05. The van der Waals surface area contributed by atoms with Crippen LogP contribution in [0.5, 0.6) is 0 Å². The fourth-order valence-corrected chi connectivity index (χ4v) is 0.585. The highest BCUT2D eigenvalue weighted by Crippen LogP contribution is 1.87. The largest absolute Gasteiger partial charge is 0.463 e. The first-order chi connectivity index (χ1) is 6.70. The SMILES string of the molecule is CCC(=O)OCCOCOC(=O)CC. The van der Waals surface area contributed by atoms with Gasteiger partial charge in [0.1, 0.15) is 6.61 Å². The molecule has 0 amide bonds. The van der Waals surface area contributed by atoms with Gasteiger partial charge in [0.25, 0.3) is 0 Å². The van der Waals surface area contributed by atoms with Crippen LogP contribution in [0, 0.1) is 0 Å². The van der Waals surface area contributed by atoms with E-state index in [-0.39, 0.29) is 31.9 Å². The van der Waals surface area contributed by atoms with Crippen molar-refractivity contribution in [2.75, 3.05) is 20.0 Å². The van der Waals surface area contributed by atoms with Gasteiger partial charge in [0.05, 0.1) is 6.61 Å². The molecule has 0 rings (SSSR count). The smallest absolute Gasteiger partial charge is 0.307 e. The molecule has 5 nitrogen and oxygen atoms in total. The van der Waals surface area contributed by atoms with Gasteiger partial charge in [0, 0.05) is 12.8 Å². The van der Waals surface area contributed by atoms with E-state index in [1.165, 1.54) is 0 Å². The van der Waals surface area contributed by atoms with Crippen molar-refractivity contribution in [3.05, 3.63) is 0 Å². The quantitative estimate of drug-likeness (QED) is 0.350. The van der Waals surface area contributed by atoms with Gasteiger partial charge < -0.3 is 14.2 Å². The molecule has 0 aliphatic carbocycles. The Morgan fingerprint density at radius 2 is 1.50 bits per heavy atom. The Bertz CT molecular complexity index is 158. The molecule has 5 heteroatoms. The third kappa shape index (κ3) is 7.54. The maximum Gasteiger partial charge on any atom is 0.307 e. The summed E-state index contributed by atoms with van der Waals surface area (Å²) in [5.74, 6) is -0.574. The molecule has 0 spiro atoms. The van der Waals surface area contributed by atoms with E-state index in [1.807, 2.05) is 0 Å². The molecule has 0 aromatic heterocycles. The Balaban J connectivity index is 3.14. The molecule has 0 fully saturated rings. The van der Waals surface area contributed by atoms with Gasteiger partial charge in [-0.3, -0.25) is 9.59 Å². The third-order valence-electron chi connectivity index (χ3n) is 1.37. The van der Waals surface area contributed by atoms with Crippen molar-refractivity contribution in [1.29, 1.82) is 0 Å². The highest BCUT2D eigenvalue weighted by Gasteiger charge is 1.99. The van der Waals surface area contributed by atoms with E-state index in [4.69, 9.17) is 9.47 Å². The van der Waals surface area contributed by atoms with E-state index in [0.717, 1.165) is 0 Å². The zero-order chi connectivity index (χ0) is 10.8. The van der Waals surface area contributed by atoms with E-state index in [9.17, 15) is 9.59 Å². The molecule has 0 radical (unpaired) electrons. The Kier molecular flexibility index (Phi) is 7.83. The van der Waals surface area contributed by atoms with E-state index in [0.29, 0.717) is 12.8 Å². The molecule has 0 saturated heterocycles. The summed E-state index contributed by atoms with van der Waals surface area (Å²) in [6, 6.07) is 0. The normalized spacial score (nSPS) is 9.57. The Morgan fingerprint density at radius 1 is 0.929 bits per heavy atom. The average Bonchev–Trinajstić information content (AvgIpc) is 2.22. The minimum absolute atomic E-state index is 0.0870. The number of hydrogen-bond donors (Lipinski definition) is 0. The molecule has 0 aromatic carbocycles. The van der Waals surface area contributed by atoms with Crippen LogP contribution >= 0.6 is 0 Å². The molecule has 82 valence electrons. The maximum absolute atomic E-state index is 10.6. The molecule has 0 unspecified atom stereocenters. The van der Waals surface area contributed by atoms with Gasteiger partial charge in [-0.25, -0.2) is 0 Å². The summed E-state index contributed by atoms with van der Waals surface area (Å²) >= 11 is 0. The van der Waals surface area contributed by atoms with Gasteiger partial charge in [0.2, 0.25) is 0 Å². The lowest BCUT2D eigenvalue weighted by atomic mass is 10.5. The molecule has 0 aliphatic rings. The van der Waals surface area contributed by atoms with Gasteiger partial charge in [-0.2, -0.15) is 0 Å². The molecule has 0 heterocycles. The first-order valence-electron chi connectivity index (χ1n) is 4.59. The fourth-order valence-electron chi connectivity index (χ4n) is 0.585. The number of ether oxygens (including phenoxy) is 3. The van der Waals surface area contributed by atoms with Gasteiger partial charge in [-0.1, -0.05) is 13.8 Å². The fraction of sp³-hybridized carbons (Fsp3) is 0.778. The predicted octanol–water partition coefficient (Wildman–Crippen LogP) is 0.867. The minimum atomic E-state index is -0.310. The van der Waals surface area contributed by atoms with Crippen molar-refractivity contribution in [2.45, 2.75) is 26.7 Å². The molecule has 0 aliphatic heterocycles. The van der Waals surface area contributed by atoms with E-state index >= 15 is 0 Å². The van der Waals surface area contributed by atoms with Crippen LogP contribution in [0.15, 0.2) is 0 Å². The van der Waals surface area contributed by atoms with Crippen LogP contribution in [0.2, 0.25) is 0 Å². The molecular formula is C9H16O5.